The summed E-state index contributed by atoms with van der Waals surface area (Å²) in [6.45, 7) is 0. The lowest BCUT2D eigenvalue weighted by molar-refractivity contribution is 1.42. The van der Waals surface area contributed by atoms with Gasteiger partial charge < -0.3 is 0 Å². The molecular weight excluding hydrogens is 198 g/mol. The molecule has 0 saturated heterocycles. The molecule has 1 nitrogen and oxygen atoms in total. The van der Waals surface area contributed by atoms with Gasteiger partial charge in [0.1, 0.15) is 0 Å². The molecule has 0 N–H and O–H groups in total. The Morgan fingerprint density at radius 3 is 3.22 bits per heavy atom. The zero-order valence-corrected chi connectivity index (χ0v) is 7.15. The van der Waals surface area contributed by atoms with Crippen LogP contribution in [0, 0.1) is 0 Å². The Hall–Kier alpha value is -0.150. The van der Waals surface area contributed by atoms with E-state index in [2.05, 4.69) is 20.9 Å². The van der Waals surface area contributed by atoms with Crippen LogP contribution in [0.4, 0.5) is 0 Å². The predicted molar refractivity (Wildman–Crippen MR) is 44.9 cm³/mol. The van der Waals surface area contributed by atoms with E-state index >= 15 is 0 Å². The topological polar surface area (TPSA) is 12.9 Å². The Labute approximate surface area is 66.6 Å². The first-order valence-corrected chi connectivity index (χ1v) is 4.54. The zero-order chi connectivity index (χ0) is 6.53. The van der Waals surface area contributed by atoms with Crippen LogP contribution in [0.5, 0.6) is 0 Å². The molecule has 0 saturated carbocycles. The van der Waals surface area contributed by atoms with E-state index in [0.717, 1.165) is 5.33 Å². The monoisotopic (exact) mass is 203 g/mol. The fourth-order valence-corrected chi connectivity index (χ4v) is 1.20. The molecule has 0 bridgehead atoms. The predicted octanol–water partition coefficient (Wildman–Crippen LogP) is 2.55. The molecule has 1 rings (SSSR count). The van der Waals surface area contributed by atoms with Crippen molar-refractivity contribution in [2.45, 2.75) is 0 Å². The van der Waals surface area contributed by atoms with Gasteiger partial charge in [0, 0.05) is 16.4 Å². The van der Waals surface area contributed by atoms with Gasteiger partial charge in [0.25, 0.3) is 0 Å². The first-order chi connectivity index (χ1) is 4.43. The molecule has 3 heteroatoms. The first kappa shape index (κ1) is 6.96. The molecule has 48 valence electrons. The highest BCUT2D eigenvalue weighted by molar-refractivity contribution is 9.09. The van der Waals surface area contributed by atoms with E-state index in [4.69, 9.17) is 0 Å². The molecule has 1 aromatic heterocycles. The van der Waals surface area contributed by atoms with Crippen molar-refractivity contribution in [2.24, 2.45) is 0 Å². The molecule has 0 atom stereocenters. The Kier molecular flexibility index (Phi) is 2.94. The summed E-state index contributed by atoms with van der Waals surface area (Å²) in [5.41, 5.74) is 1.83. The van der Waals surface area contributed by atoms with Crippen molar-refractivity contribution >= 4 is 33.3 Å². The summed E-state index contributed by atoms with van der Waals surface area (Å²) in [6.07, 6.45) is 5.95. The van der Waals surface area contributed by atoms with Gasteiger partial charge in [-0.1, -0.05) is 22.0 Å². The average molecular weight is 204 g/mol. The maximum absolute atomic E-state index is 3.93. The van der Waals surface area contributed by atoms with Crippen LogP contribution >= 0.6 is 27.3 Å². The normalized spacial score (nSPS) is 10.8. The molecular formula is C6H6BrNS. The van der Waals surface area contributed by atoms with Crippen LogP contribution in [0.3, 0.4) is 0 Å². The van der Waals surface area contributed by atoms with Crippen LogP contribution in [0.2, 0.25) is 0 Å². The molecule has 0 spiro atoms. The van der Waals surface area contributed by atoms with Crippen LogP contribution < -0.4 is 0 Å². The van der Waals surface area contributed by atoms with Gasteiger partial charge in [-0.3, -0.25) is 4.98 Å². The lowest BCUT2D eigenvalue weighted by atomic mass is 10.5. The molecule has 0 fully saturated rings. The van der Waals surface area contributed by atoms with Gasteiger partial charge in [0.15, 0.2) is 0 Å². The summed E-state index contributed by atoms with van der Waals surface area (Å²) in [6, 6.07) is 0. The van der Waals surface area contributed by atoms with Crippen molar-refractivity contribution in [2.75, 3.05) is 5.33 Å². The first-order valence-electron chi connectivity index (χ1n) is 2.54. The highest BCUT2D eigenvalue weighted by Gasteiger charge is 1.83. The summed E-state index contributed by atoms with van der Waals surface area (Å²) < 4.78 is 0. The van der Waals surface area contributed by atoms with Gasteiger partial charge in [0.2, 0.25) is 0 Å². The van der Waals surface area contributed by atoms with Gasteiger partial charge in [-0.05, 0) is 6.08 Å². The molecule has 0 aromatic carbocycles. The molecule has 1 aromatic rings. The van der Waals surface area contributed by atoms with Crippen LogP contribution in [0.15, 0.2) is 17.8 Å². The van der Waals surface area contributed by atoms with Crippen LogP contribution in [0.1, 0.15) is 4.88 Å². The SMILES string of the molecule is BrC/C=C/c1cncs1. The van der Waals surface area contributed by atoms with E-state index in [9.17, 15) is 0 Å². The Morgan fingerprint density at radius 2 is 2.67 bits per heavy atom. The number of nitrogens with zero attached hydrogens (tertiary/aromatic N) is 1. The number of rotatable bonds is 2. The molecule has 0 radical (unpaired) electrons. The Bertz CT molecular complexity index is 181. The fourth-order valence-electron chi connectivity index (χ4n) is 0.469. The number of aromatic nitrogens is 1. The highest BCUT2D eigenvalue weighted by atomic mass is 79.9. The summed E-state index contributed by atoms with van der Waals surface area (Å²) in [7, 11) is 0. The maximum Gasteiger partial charge on any atom is 0.0797 e. The molecule has 1 heterocycles. The lowest BCUT2D eigenvalue weighted by Crippen LogP contribution is -1.59. The second kappa shape index (κ2) is 3.80. The lowest BCUT2D eigenvalue weighted by Gasteiger charge is -1.76. The van der Waals surface area contributed by atoms with Crippen LogP contribution in [-0.2, 0) is 0 Å². The molecule has 0 unspecified atom stereocenters. The molecule has 0 aliphatic heterocycles. The van der Waals surface area contributed by atoms with Gasteiger partial charge in [-0.2, -0.15) is 0 Å². The Balaban J connectivity index is 2.57. The van der Waals surface area contributed by atoms with Gasteiger partial charge >= 0.3 is 0 Å². The molecule has 0 aliphatic carbocycles. The number of alkyl halides is 1. The van der Waals surface area contributed by atoms with Crippen molar-refractivity contribution in [1.82, 2.24) is 4.98 Å². The van der Waals surface area contributed by atoms with Gasteiger partial charge in [-0.25, -0.2) is 0 Å². The molecule has 9 heavy (non-hydrogen) atoms. The number of thiazole rings is 1. The van der Waals surface area contributed by atoms with Crippen LogP contribution in [-0.4, -0.2) is 10.3 Å². The number of halogens is 1. The average Bonchev–Trinajstić information content (AvgIpc) is 2.34. The van der Waals surface area contributed by atoms with E-state index < -0.39 is 0 Å². The third kappa shape index (κ3) is 2.28. The van der Waals surface area contributed by atoms with E-state index in [1.807, 2.05) is 23.9 Å². The minimum absolute atomic E-state index is 0.908. The third-order valence-corrected chi connectivity index (χ3v) is 1.94. The standard InChI is InChI=1S/C6H6BrNS/c7-3-1-2-6-4-8-5-9-6/h1-2,4-5H,3H2/b2-1+. The summed E-state index contributed by atoms with van der Waals surface area (Å²) in [4.78, 5) is 5.13. The number of allylic oxidation sites excluding steroid dienone is 1. The van der Waals surface area contributed by atoms with Gasteiger partial charge in [-0.15, -0.1) is 11.3 Å². The van der Waals surface area contributed by atoms with Gasteiger partial charge in [0.05, 0.1) is 5.51 Å². The van der Waals surface area contributed by atoms with Crippen molar-refractivity contribution < 1.29 is 0 Å². The largest absolute Gasteiger partial charge is 0.253 e. The zero-order valence-electron chi connectivity index (χ0n) is 4.75. The van der Waals surface area contributed by atoms with E-state index in [0.29, 0.717) is 0 Å². The summed E-state index contributed by atoms with van der Waals surface area (Å²) >= 11 is 4.94. The quantitative estimate of drug-likeness (QED) is 0.674. The van der Waals surface area contributed by atoms with E-state index in [-0.39, 0.29) is 0 Å². The van der Waals surface area contributed by atoms with Crippen molar-refractivity contribution in [3.8, 4) is 0 Å². The number of hydrogen-bond acceptors (Lipinski definition) is 2. The highest BCUT2D eigenvalue weighted by Crippen LogP contribution is 2.07. The minimum Gasteiger partial charge on any atom is -0.253 e. The molecule has 0 amide bonds. The third-order valence-electron chi connectivity index (χ3n) is 0.823. The smallest absolute Gasteiger partial charge is 0.0797 e. The van der Waals surface area contributed by atoms with E-state index in [1.54, 1.807) is 11.3 Å². The van der Waals surface area contributed by atoms with Crippen molar-refractivity contribution in [1.29, 1.82) is 0 Å². The maximum atomic E-state index is 3.93. The second-order valence-electron chi connectivity index (χ2n) is 1.46. The second-order valence-corrected chi connectivity index (χ2v) is 3.03. The van der Waals surface area contributed by atoms with Crippen molar-refractivity contribution in [3.05, 3.63) is 22.7 Å². The minimum atomic E-state index is 0.908. The fraction of sp³-hybridized carbons (Fsp3) is 0.167. The molecule has 0 aliphatic rings. The van der Waals surface area contributed by atoms with E-state index in [1.165, 1.54) is 4.88 Å². The summed E-state index contributed by atoms with van der Waals surface area (Å²) in [5.74, 6) is 0. The van der Waals surface area contributed by atoms with Crippen molar-refractivity contribution in [3.63, 3.8) is 0 Å². The van der Waals surface area contributed by atoms with Crippen LogP contribution in [0.25, 0.3) is 6.08 Å². The number of hydrogen-bond donors (Lipinski definition) is 0. The summed E-state index contributed by atoms with van der Waals surface area (Å²) in [5, 5.41) is 0.908. The Morgan fingerprint density at radius 1 is 1.78 bits per heavy atom.